The lowest BCUT2D eigenvalue weighted by Gasteiger charge is -2.30. The number of rotatable bonds is 3. The van der Waals surface area contributed by atoms with Crippen LogP contribution in [0.25, 0.3) is 0 Å². The van der Waals surface area contributed by atoms with Crippen molar-refractivity contribution in [2.24, 2.45) is 0 Å². The topological polar surface area (TPSA) is 72.6 Å². The molecule has 0 aliphatic carbocycles. The highest BCUT2D eigenvalue weighted by Gasteiger charge is 2.32. The number of nitrogens with zero attached hydrogens (tertiary/aromatic N) is 1. The van der Waals surface area contributed by atoms with Crippen LogP contribution in [0.5, 0.6) is 0 Å². The molecule has 0 unspecified atom stereocenters. The van der Waals surface area contributed by atoms with Crippen molar-refractivity contribution in [2.45, 2.75) is 23.8 Å². The first kappa shape index (κ1) is 14.2. The Morgan fingerprint density at radius 3 is 2.58 bits per heavy atom. The van der Waals surface area contributed by atoms with Crippen molar-refractivity contribution in [1.82, 2.24) is 4.31 Å². The Hall–Kier alpha value is -1.18. The summed E-state index contributed by atoms with van der Waals surface area (Å²) in [6.07, 6.45) is 1.20. The van der Waals surface area contributed by atoms with Crippen LogP contribution in [-0.2, 0) is 14.8 Å². The van der Waals surface area contributed by atoms with Gasteiger partial charge in [-0.15, -0.1) is 0 Å². The van der Waals surface area contributed by atoms with Crippen molar-refractivity contribution in [3.8, 4) is 0 Å². The highest BCUT2D eigenvalue weighted by molar-refractivity contribution is 7.89. The van der Waals surface area contributed by atoms with E-state index in [0.29, 0.717) is 26.1 Å². The smallest absolute Gasteiger partial charge is 0.248 e. The summed E-state index contributed by atoms with van der Waals surface area (Å²) in [4.78, 5) is -0.441. The Labute approximate surface area is 112 Å². The highest BCUT2D eigenvalue weighted by Crippen LogP contribution is 2.27. The average Bonchev–Trinajstić information content (AvgIpc) is 2.38. The second-order valence-electron chi connectivity index (χ2n) is 4.52. The normalized spacial score (nSPS) is 17.8. The van der Waals surface area contributed by atoms with Crippen molar-refractivity contribution in [2.75, 3.05) is 26.0 Å². The first-order valence-electron chi connectivity index (χ1n) is 6.04. The summed E-state index contributed by atoms with van der Waals surface area (Å²) in [7, 11) is -2.47. The molecule has 0 radical (unpaired) electrons. The molecule has 1 saturated heterocycles. The van der Waals surface area contributed by atoms with Crippen LogP contribution in [0.1, 0.15) is 12.8 Å². The number of halogens is 1. The van der Waals surface area contributed by atoms with E-state index in [1.165, 1.54) is 23.5 Å². The van der Waals surface area contributed by atoms with E-state index in [2.05, 4.69) is 0 Å². The Morgan fingerprint density at radius 1 is 1.37 bits per heavy atom. The molecule has 106 valence electrons. The zero-order valence-electron chi connectivity index (χ0n) is 10.7. The van der Waals surface area contributed by atoms with Gasteiger partial charge in [-0.1, -0.05) is 6.07 Å². The summed E-state index contributed by atoms with van der Waals surface area (Å²) >= 11 is 0. The number of hydrogen-bond donors (Lipinski definition) is 1. The van der Waals surface area contributed by atoms with Crippen LogP contribution in [0.3, 0.4) is 0 Å². The van der Waals surface area contributed by atoms with Gasteiger partial charge in [-0.3, -0.25) is 0 Å². The standard InChI is InChI=1S/C12H17FN2O3S/c1-15(9-5-7-18-8-6-9)19(16,17)12-10(13)3-2-4-11(12)14/h2-4,9H,5-8,14H2,1H3. The number of sulfonamides is 1. The molecule has 0 amide bonds. The molecule has 1 aromatic carbocycles. The molecule has 0 bridgehead atoms. The van der Waals surface area contributed by atoms with Crippen LogP contribution in [-0.4, -0.2) is 39.0 Å². The number of nitrogen functional groups attached to an aromatic ring is 1. The second kappa shape index (κ2) is 5.44. The molecule has 5 nitrogen and oxygen atoms in total. The summed E-state index contributed by atoms with van der Waals surface area (Å²) in [6.45, 7) is 1.02. The molecule has 1 fully saturated rings. The Balaban J connectivity index is 2.36. The van der Waals surface area contributed by atoms with Gasteiger partial charge in [0.25, 0.3) is 0 Å². The first-order valence-corrected chi connectivity index (χ1v) is 7.48. The predicted molar refractivity (Wildman–Crippen MR) is 69.6 cm³/mol. The maximum absolute atomic E-state index is 13.8. The van der Waals surface area contributed by atoms with Crippen LogP contribution in [0, 0.1) is 5.82 Å². The molecule has 2 rings (SSSR count). The monoisotopic (exact) mass is 288 g/mol. The number of nitrogens with two attached hydrogens (primary N) is 1. The molecule has 1 aliphatic rings. The van der Waals surface area contributed by atoms with Gasteiger partial charge >= 0.3 is 0 Å². The van der Waals surface area contributed by atoms with Gasteiger partial charge in [0.1, 0.15) is 10.7 Å². The third kappa shape index (κ3) is 2.72. The van der Waals surface area contributed by atoms with Gasteiger partial charge in [-0.25, -0.2) is 12.8 Å². The maximum atomic E-state index is 13.8. The van der Waals surface area contributed by atoms with Crippen LogP contribution in [0.4, 0.5) is 10.1 Å². The van der Waals surface area contributed by atoms with E-state index >= 15 is 0 Å². The van der Waals surface area contributed by atoms with Crippen molar-refractivity contribution in [1.29, 1.82) is 0 Å². The Kier molecular flexibility index (Phi) is 4.07. The molecule has 7 heteroatoms. The van der Waals surface area contributed by atoms with Gasteiger partial charge in [0, 0.05) is 26.3 Å². The van der Waals surface area contributed by atoms with E-state index in [0.717, 1.165) is 6.07 Å². The summed E-state index contributed by atoms with van der Waals surface area (Å²) in [5.74, 6) is -0.820. The summed E-state index contributed by atoms with van der Waals surface area (Å²) in [5.41, 5.74) is 5.53. The van der Waals surface area contributed by atoms with Crippen LogP contribution in [0.2, 0.25) is 0 Å². The predicted octanol–water partition coefficient (Wildman–Crippen LogP) is 1.21. The molecule has 1 aliphatic heterocycles. The molecule has 0 spiro atoms. The third-order valence-corrected chi connectivity index (χ3v) is 5.34. The lowest BCUT2D eigenvalue weighted by Crippen LogP contribution is -2.41. The first-order chi connectivity index (χ1) is 8.94. The lowest BCUT2D eigenvalue weighted by atomic mass is 10.1. The molecule has 0 aromatic heterocycles. The minimum atomic E-state index is -3.92. The van der Waals surface area contributed by atoms with Gasteiger partial charge in [0.15, 0.2) is 0 Å². The zero-order valence-corrected chi connectivity index (χ0v) is 11.5. The van der Waals surface area contributed by atoms with E-state index in [-0.39, 0.29) is 11.7 Å². The molecular weight excluding hydrogens is 271 g/mol. The van der Waals surface area contributed by atoms with E-state index in [9.17, 15) is 12.8 Å². The van der Waals surface area contributed by atoms with Crippen LogP contribution < -0.4 is 5.73 Å². The van der Waals surface area contributed by atoms with E-state index in [1.54, 1.807) is 0 Å². The van der Waals surface area contributed by atoms with Crippen molar-refractivity contribution in [3.63, 3.8) is 0 Å². The quantitative estimate of drug-likeness (QED) is 0.848. The summed E-state index contributed by atoms with van der Waals surface area (Å²) in [5, 5.41) is 0. The minimum absolute atomic E-state index is 0.0705. The average molecular weight is 288 g/mol. The fourth-order valence-electron chi connectivity index (χ4n) is 2.19. The second-order valence-corrected chi connectivity index (χ2v) is 6.46. The third-order valence-electron chi connectivity index (χ3n) is 3.34. The SMILES string of the molecule is CN(C1CCOCC1)S(=O)(=O)c1c(N)cccc1F. The van der Waals surface area contributed by atoms with Crippen molar-refractivity contribution < 1.29 is 17.5 Å². The summed E-state index contributed by atoms with van der Waals surface area (Å²) < 4.78 is 45.0. The Morgan fingerprint density at radius 2 is 2.00 bits per heavy atom. The lowest BCUT2D eigenvalue weighted by molar-refractivity contribution is 0.0632. The van der Waals surface area contributed by atoms with E-state index in [1.807, 2.05) is 0 Å². The molecule has 2 N–H and O–H groups in total. The molecule has 0 atom stereocenters. The minimum Gasteiger partial charge on any atom is -0.398 e. The van der Waals surface area contributed by atoms with Gasteiger partial charge < -0.3 is 10.5 Å². The van der Waals surface area contributed by atoms with E-state index < -0.39 is 20.7 Å². The van der Waals surface area contributed by atoms with E-state index in [4.69, 9.17) is 10.5 Å². The highest BCUT2D eigenvalue weighted by atomic mass is 32.2. The molecule has 19 heavy (non-hydrogen) atoms. The van der Waals surface area contributed by atoms with Crippen LogP contribution >= 0.6 is 0 Å². The van der Waals surface area contributed by atoms with Gasteiger partial charge in [0.05, 0.1) is 5.69 Å². The zero-order chi connectivity index (χ0) is 14.0. The maximum Gasteiger partial charge on any atom is 0.248 e. The number of anilines is 1. The van der Waals surface area contributed by atoms with Gasteiger partial charge in [-0.05, 0) is 25.0 Å². The largest absolute Gasteiger partial charge is 0.398 e. The van der Waals surface area contributed by atoms with Crippen molar-refractivity contribution >= 4 is 15.7 Å². The fraction of sp³-hybridized carbons (Fsp3) is 0.500. The molecular formula is C12H17FN2O3S. The van der Waals surface area contributed by atoms with Gasteiger partial charge in [0.2, 0.25) is 10.0 Å². The number of benzene rings is 1. The number of hydrogen-bond acceptors (Lipinski definition) is 4. The van der Waals surface area contributed by atoms with Gasteiger partial charge in [-0.2, -0.15) is 4.31 Å². The summed E-state index contributed by atoms with van der Waals surface area (Å²) in [6, 6.07) is 3.69. The van der Waals surface area contributed by atoms with Crippen LogP contribution in [0.15, 0.2) is 23.1 Å². The fourth-order valence-corrected chi connectivity index (χ4v) is 3.76. The molecule has 0 saturated carbocycles. The molecule has 1 heterocycles. The molecule has 1 aromatic rings. The van der Waals surface area contributed by atoms with Crippen molar-refractivity contribution in [3.05, 3.63) is 24.0 Å². The Bertz CT molecular complexity index is 536. The number of ether oxygens (including phenoxy) is 1.